The van der Waals surface area contributed by atoms with Gasteiger partial charge in [0, 0.05) is 0 Å². The Kier molecular flexibility index (Phi) is 2.91. The van der Waals surface area contributed by atoms with Crippen LogP contribution in [-0.2, 0) is 6.42 Å². The molecular weight excluding hydrogens is 167 g/mol. The summed E-state index contributed by atoms with van der Waals surface area (Å²) in [5.41, 5.74) is 1.18. The van der Waals surface area contributed by atoms with Gasteiger partial charge >= 0.3 is 0 Å². The molecule has 1 N–H and O–H groups in total. The molecule has 72 valence electrons. The SMILES string of the molecule is Cc1cc(O)c(CC(C)C)cc1F. The predicted octanol–water partition coefficient (Wildman–Crippen LogP) is 3.04. The smallest absolute Gasteiger partial charge is 0.126 e. The Morgan fingerprint density at radius 1 is 1.38 bits per heavy atom. The quantitative estimate of drug-likeness (QED) is 0.745. The van der Waals surface area contributed by atoms with Crippen LogP contribution in [0.3, 0.4) is 0 Å². The second-order valence-electron chi connectivity index (χ2n) is 3.83. The Bertz CT molecular complexity index is 305. The van der Waals surface area contributed by atoms with Gasteiger partial charge in [-0.3, -0.25) is 0 Å². The summed E-state index contributed by atoms with van der Waals surface area (Å²) in [6, 6.07) is 2.90. The van der Waals surface area contributed by atoms with Gasteiger partial charge in [-0.15, -0.1) is 0 Å². The van der Waals surface area contributed by atoms with Gasteiger partial charge in [0.1, 0.15) is 11.6 Å². The number of hydrogen-bond donors (Lipinski definition) is 1. The predicted molar refractivity (Wildman–Crippen MR) is 51.3 cm³/mol. The van der Waals surface area contributed by atoms with E-state index in [0.717, 1.165) is 0 Å². The van der Waals surface area contributed by atoms with Crippen LogP contribution >= 0.6 is 0 Å². The van der Waals surface area contributed by atoms with Crippen molar-refractivity contribution in [1.29, 1.82) is 0 Å². The standard InChI is InChI=1S/C11H15FO/c1-7(2)4-9-6-10(12)8(3)5-11(9)13/h5-7,13H,4H2,1-3H3. The highest BCUT2D eigenvalue weighted by molar-refractivity contribution is 5.37. The highest BCUT2D eigenvalue weighted by Gasteiger charge is 2.07. The summed E-state index contributed by atoms with van der Waals surface area (Å²) in [6.45, 7) is 5.72. The third-order valence-corrected chi connectivity index (χ3v) is 1.99. The molecule has 0 aromatic heterocycles. The average molecular weight is 182 g/mol. The van der Waals surface area contributed by atoms with Crippen molar-refractivity contribution in [3.05, 3.63) is 29.1 Å². The molecule has 0 aliphatic rings. The van der Waals surface area contributed by atoms with E-state index in [4.69, 9.17) is 0 Å². The maximum absolute atomic E-state index is 13.1. The monoisotopic (exact) mass is 182 g/mol. The largest absolute Gasteiger partial charge is 0.508 e. The molecule has 0 aliphatic heterocycles. The lowest BCUT2D eigenvalue weighted by atomic mass is 10.0. The molecule has 0 saturated heterocycles. The fraction of sp³-hybridized carbons (Fsp3) is 0.455. The van der Waals surface area contributed by atoms with Gasteiger partial charge in [0.25, 0.3) is 0 Å². The molecule has 13 heavy (non-hydrogen) atoms. The van der Waals surface area contributed by atoms with Crippen molar-refractivity contribution in [2.24, 2.45) is 5.92 Å². The van der Waals surface area contributed by atoms with Crippen LogP contribution in [0.5, 0.6) is 5.75 Å². The average Bonchev–Trinajstić information content (AvgIpc) is 1.99. The molecule has 0 radical (unpaired) electrons. The summed E-state index contributed by atoms with van der Waals surface area (Å²) in [6.07, 6.45) is 0.711. The first-order valence-electron chi connectivity index (χ1n) is 4.48. The van der Waals surface area contributed by atoms with Gasteiger partial charge in [-0.1, -0.05) is 13.8 Å². The highest BCUT2D eigenvalue weighted by atomic mass is 19.1. The number of rotatable bonds is 2. The first-order chi connectivity index (χ1) is 6.00. The number of benzene rings is 1. The van der Waals surface area contributed by atoms with Crippen molar-refractivity contribution in [2.75, 3.05) is 0 Å². The number of halogens is 1. The molecule has 0 fully saturated rings. The van der Waals surface area contributed by atoms with Crippen LogP contribution in [0.2, 0.25) is 0 Å². The summed E-state index contributed by atoms with van der Waals surface area (Å²) < 4.78 is 13.1. The Hall–Kier alpha value is -1.05. The third-order valence-electron chi connectivity index (χ3n) is 1.99. The van der Waals surface area contributed by atoms with Crippen molar-refractivity contribution in [3.8, 4) is 5.75 Å². The van der Waals surface area contributed by atoms with Crippen LogP contribution in [0.1, 0.15) is 25.0 Å². The van der Waals surface area contributed by atoms with Gasteiger partial charge in [-0.2, -0.15) is 0 Å². The number of phenolic OH excluding ortho intramolecular Hbond substituents is 1. The normalized spacial score (nSPS) is 10.8. The van der Waals surface area contributed by atoms with Gasteiger partial charge < -0.3 is 5.11 Å². The molecule has 0 unspecified atom stereocenters. The van der Waals surface area contributed by atoms with Gasteiger partial charge in [0.15, 0.2) is 0 Å². The van der Waals surface area contributed by atoms with Gasteiger partial charge in [0.05, 0.1) is 0 Å². The summed E-state index contributed by atoms with van der Waals surface area (Å²) in [5.74, 6) is 0.383. The first kappa shape index (κ1) is 10.0. The lowest BCUT2D eigenvalue weighted by molar-refractivity contribution is 0.458. The lowest BCUT2D eigenvalue weighted by Gasteiger charge is -2.08. The molecule has 0 amide bonds. The molecule has 0 bridgehead atoms. The molecule has 1 rings (SSSR count). The molecular formula is C11H15FO. The van der Waals surface area contributed by atoms with Crippen LogP contribution in [0.4, 0.5) is 4.39 Å². The maximum atomic E-state index is 13.1. The maximum Gasteiger partial charge on any atom is 0.126 e. The van der Waals surface area contributed by atoms with Crippen molar-refractivity contribution in [1.82, 2.24) is 0 Å². The summed E-state index contributed by atoms with van der Waals surface area (Å²) >= 11 is 0. The first-order valence-corrected chi connectivity index (χ1v) is 4.48. The Balaban J connectivity index is 3.01. The zero-order chi connectivity index (χ0) is 10.0. The molecule has 0 heterocycles. The van der Waals surface area contributed by atoms with E-state index in [1.807, 2.05) is 13.8 Å². The van der Waals surface area contributed by atoms with Gasteiger partial charge in [-0.05, 0) is 42.5 Å². The lowest BCUT2D eigenvalue weighted by Crippen LogP contribution is -1.96. The summed E-state index contributed by atoms with van der Waals surface area (Å²) in [5, 5.41) is 9.50. The molecule has 0 aliphatic carbocycles. The third kappa shape index (κ3) is 2.44. The minimum atomic E-state index is -0.242. The minimum absolute atomic E-state index is 0.201. The van der Waals surface area contributed by atoms with E-state index in [1.165, 1.54) is 12.1 Å². The van der Waals surface area contributed by atoms with Crippen molar-refractivity contribution in [3.63, 3.8) is 0 Å². The summed E-state index contributed by atoms with van der Waals surface area (Å²) in [7, 11) is 0. The van der Waals surface area contributed by atoms with Gasteiger partial charge in [-0.25, -0.2) is 4.39 Å². The van der Waals surface area contributed by atoms with E-state index < -0.39 is 0 Å². The Morgan fingerprint density at radius 2 is 2.00 bits per heavy atom. The second-order valence-corrected chi connectivity index (χ2v) is 3.83. The number of phenols is 1. The Labute approximate surface area is 78.2 Å². The molecule has 0 spiro atoms. The van der Waals surface area contributed by atoms with E-state index >= 15 is 0 Å². The van der Waals surface area contributed by atoms with E-state index in [0.29, 0.717) is 23.5 Å². The number of aromatic hydroxyl groups is 1. The molecule has 1 nitrogen and oxygen atoms in total. The fourth-order valence-electron chi connectivity index (χ4n) is 1.31. The Morgan fingerprint density at radius 3 is 2.54 bits per heavy atom. The second kappa shape index (κ2) is 3.77. The van der Waals surface area contributed by atoms with Crippen molar-refractivity contribution >= 4 is 0 Å². The van der Waals surface area contributed by atoms with Crippen LogP contribution in [0.25, 0.3) is 0 Å². The van der Waals surface area contributed by atoms with Gasteiger partial charge in [0.2, 0.25) is 0 Å². The van der Waals surface area contributed by atoms with Crippen molar-refractivity contribution < 1.29 is 9.50 Å². The molecule has 1 aromatic rings. The van der Waals surface area contributed by atoms with Crippen LogP contribution in [0.15, 0.2) is 12.1 Å². The topological polar surface area (TPSA) is 20.2 Å². The highest BCUT2D eigenvalue weighted by Crippen LogP contribution is 2.23. The zero-order valence-electron chi connectivity index (χ0n) is 8.26. The van der Waals surface area contributed by atoms with Crippen LogP contribution in [0, 0.1) is 18.7 Å². The number of hydrogen-bond acceptors (Lipinski definition) is 1. The van der Waals surface area contributed by atoms with E-state index in [2.05, 4.69) is 0 Å². The molecule has 1 aromatic carbocycles. The van der Waals surface area contributed by atoms with E-state index in [1.54, 1.807) is 6.92 Å². The molecule has 0 saturated carbocycles. The van der Waals surface area contributed by atoms with E-state index in [-0.39, 0.29) is 11.6 Å². The molecule has 0 atom stereocenters. The fourth-order valence-corrected chi connectivity index (χ4v) is 1.31. The minimum Gasteiger partial charge on any atom is -0.508 e. The molecule has 2 heteroatoms. The number of aryl methyl sites for hydroxylation is 1. The zero-order valence-corrected chi connectivity index (χ0v) is 8.26. The van der Waals surface area contributed by atoms with E-state index in [9.17, 15) is 9.50 Å². The van der Waals surface area contributed by atoms with Crippen LogP contribution < -0.4 is 0 Å². The van der Waals surface area contributed by atoms with Crippen molar-refractivity contribution in [2.45, 2.75) is 27.2 Å². The van der Waals surface area contributed by atoms with Crippen LogP contribution in [-0.4, -0.2) is 5.11 Å². The summed E-state index contributed by atoms with van der Waals surface area (Å²) in [4.78, 5) is 0.